The Morgan fingerprint density at radius 1 is 0.864 bits per heavy atom. The van der Waals surface area contributed by atoms with Crippen LogP contribution in [0, 0.1) is 23.3 Å². The zero-order valence-corrected chi connectivity index (χ0v) is 10.7. The van der Waals surface area contributed by atoms with Crippen LogP contribution in [0.4, 0.5) is 17.6 Å². The highest BCUT2D eigenvalue weighted by atomic mass is 19.2. The lowest BCUT2D eigenvalue weighted by molar-refractivity contribution is 0.510. The molecule has 0 fully saturated rings. The van der Waals surface area contributed by atoms with E-state index in [4.69, 9.17) is 0 Å². The van der Waals surface area contributed by atoms with Crippen molar-refractivity contribution < 1.29 is 17.6 Å². The Hall–Kier alpha value is -2.90. The van der Waals surface area contributed by atoms with Gasteiger partial charge in [0, 0.05) is 12.1 Å². The summed E-state index contributed by atoms with van der Waals surface area (Å²) in [6.07, 6.45) is 0. The third-order valence-corrected chi connectivity index (χ3v) is 3.10. The van der Waals surface area contributed by atoms with Crippen LogP contribution >= 0.6 is 0 Å². The Kier molecular flexibility index (Phi) is 3.09. The predicted molar refractivity (Wildman–Crippen MR) is 70.0 cm³/mol. The number of aromatic amines is 1. The normalized spacial score (nSPS) is 11.1. The summed E-state index contributed by atoms with van der Waals surface area (Å²) in [7, 11) is 0. The van der Waals surface area contributed by atoms with Crippen LogP contribution in [0.25, 0.3) is 16.6 Å². The summed E-state index contributed by atoms with van der Waals surface area (Å²) in [6, 6.07) is 3.57. The number of aromatic nitrogens is 2. The molecule has 112 valence electrons. The van der Waals surface area contributed by atoms with Crippen molar-refractivity contribution in [3.63, 3.8) is 0 Å². The molecule has 2 aromatic carbocycles. The first-order valence-electron chi connectivity index (χ1n) is 5.98. The Labute approximate surface area is 119 Å². The van der Waals surface area contributed by atoms with Gasteiger partial charge in [-0.1, -0.05) is 0 Å². The van der Waals surface area contributed by atoms with Crippen LogP contribution in [0.2, 0.25) is 0 Å². The van der Waals surface area contributed by atoms with E-state index in [1.807, 2.05) is 4.98 Å². The summed E-state index contributed by atoms with van der Waals surface area (Å²) in [5.41, 5.74) is -2.75. The van der Waals surface area contributed by atoms with Gasteiger partial charge in [-0.15, -0.1) is 0 Å². The fourth-order valence-electron chi connectivity index (χ4n) is 2.13. The van der Waals surface area contributed by atoms with Crippen LogP contribution in [0.15, 0.2) is 39.9 Å². The second kappa shape index (κ2) is 4.83. The zero-order valence-electron chi connectivity index (χ0n) is 10.7. The molecule has 0 saturated carbocycles. The second-order valence-electron chi connectivity index (χ2n) is 4.47. The molecule has 1 heterocycles. The van der Waals surface area contributed by atoms with Gasteiger partial charge in [-0.05, 0) is 18.2 Å². The fourth-order valence-corrected chi connectivity index (χ4v) is 2.13. The van der Waals surface area contributed by atoms with E-state index in [0.29, 0.717) is 22.8 Å². The molecule has 0 spiro atoms. The van der Waals surface area contributed by atoms with E-state index in [2.05, 4.69) is 0 Å². The Morgan fingerprint density at radius 3 is 2.23 bits per heavy atom. The third-order valence-electron chi connectivity index (χ3n) is 3.10. The van der Waals surface area contributed by atoms with Crippen molar-refractivity contribution in [3.05, 3.63) is 74.4 Å². The van der Waals surface area contributed by atoms with Gasteiger partial charge < -0.3 is 0 Å². The van der Waals surface area contributed by atoms with Crippen molar-refractivity contribution in [2.45, 2.75) is 0 Å². The summed E-state index contributed by atoms with van der Waals surface area (Å²) in [6.45, 7) is 0. The lowest BCUT2D eigenvalue weighted by atomic mass is 10.2. The van der Waals surface area contributed by atoms with E-state index in [1.165, 1.54) is 0 Å². The highest BCUT2D eigenvalue weighted by molar-refractivity contribution is 5.79. The Morgan fingerprint density at radius 2 is 1.55 bits per heavy atom. The fraction of sp³-hybridized carbons (Fsp3) is 0. The van der Waals surface area contributed by atoms with Crippen LogP contribution in [0.3, 0.4) is 0 Å². The van der Waals surface area contributed by atoms with Crippen molar-refractivity contribution in [2.24, 2.45) is 0 Å². The van der Waals surface area contributed by atoms with Gasteiger partial charge in [0.2, 0.25) is 0 Å². The molecule has 0 saturated heterocycles. The monoisotopic (exact) mass is 310 g/mol. The summed E-state index contributed by atoms with van der Waals surface area (Å²) < 4.78 is 54.1. The Bertz CT molecular complexity index is 1020. The molecule has 1 aromatic heterocycles. The van der Waals surface area contributed by atoms with E-state index in [-0.39, 0.29) is 10.9 Å². The molecular formula is C14H6F4N2O2. The first-order chi connectivity index (χ1) is 10.4. The largest absolute Gasteiger partial charge is 0.333 e. The molecule has 0 bridgehead atoms. The topological polar surface area (TPSA) is 54.9 Å². The summed E-state index contributed by atoms with van der Waals surface area (Å²) in [5, 5.41) is -0.345. The van der Waals surface area contributed by atoms with Gasteiger partial charge in [-0.3, -0.25) is 14.3 Å². The number of nitrogens with one attached hydrogen (secondary N) is 1. The number of fused-ring (bicyclic) bond motifs is 1. The third kappa shape index (κ3) is 2.09. The summed E-state index contributed by atoms with van der Waals surface area (Å²) in [5.74, 6) is -4.57. The van der Waals surface area contributed by atoms with Gasteiger partial charge in [0.1, 0.15) is 11.6 Å². The van der Waals surface area contributed by atoms with Crippen molar-refractivity contribution in [1.82, 2.24) is 9.55 Å². The SMILES string of the molecule is O=c1[nH]c(=O)n(-c2ccc(F)cc2F)c2cc(F)c(F)cc12. The molecule has 8 heteroatoms. The number of benzene rings is 2. The molecule has 0 aliphatic carbocycles. The number of halogens is 4. The maximum absolute atomic E-state index is 13.9. The molecule has 3 rings (SSSR count). The number of nitrogens with zero attached hydrogens (tertiary/aromatic N) is 1. The van der Waals surface area contributed by atoms with Gasteiger partial charge in [0.15, 0.2) is 11.6 Å². The number of rotatable bonds is 1. The first-order valence-corrected chi connectivity index (χ1v) is 5.98. The van der Waals surface area contributed by atoms with E-state index in [9.17, 15) is 27.2 Å². The molecule has 0 aliphatic rings. The van der Waals surface area contributed by atoms with Crippen LogP contribution in [0.5, 0.6) is 0 Å². The standard InChI is InChI=1S/C14H6F4N2O2/c15-6-1-2-11(10(18)3-6)20-12-5-9(17)8(16)4-7(12)13(21)19-14(20)22/h1-5H,(H,19,21,22). The lowest BCUT2D eigenvalue weighted by Gasteiger charge is -2.10. The molecule has 0 unspecified atom stereocenters. The molecule has 1 N–H and O–H groups in total. The number of H-pyrrole nitrogens is 1. The lowest BCUT2D eigenvalue weighted by Crippen LogP contribution is -2.30. The van der Waals surface area contributed by atoms with E-state index in [1.54, 1.807) is 0 Å². The average molecular weight is 310 g/mol. The highest BCUT2D eigenvalue weighted by Crippen LogP contribution is 2.19. The van der Waals surface area contributed by atoms with Crippen molar-refractivity contribution in [1.29, 1.82) is 0 Å². The van der Waals surface area contributed by atoms with Crippen LogP contribution in [-0.4, -0.2) is 9.55 Å². The molecule has 22 heavy (non-hydrogen) atoms. The molecule has 0 radical (unpaired) electrons. The molecule has 0 atom stereocenters. The molecule has 4 nitrogen and oxygen atoms in total. The van der Waals surface area contributed by atoms with Gasteiger partial charge in [-0.2, -0.15) is 0 Å². The second-order valence-corrected chi connectivity index (χ2v) is 4.47. The van der Waals surface area contributed by atoms with E-state index >= 15 is 0 Å². The minimum atomic E-state index is -1.31. The maximum atomic E-state index is 13.9. The van der Waals surface area contributed by atoms with E-state index in [0.717, 1.165) is 12.1 Å². The van der Waals surface area contributed by atoms with Crippen LogP contribution in [0.1, 0.15) is 0 Å². The predicted octanol–water partition coefficient (Wildman–Crippen LogP) is 2.24. The van der Waals surface area contributed by atoms with Gasteiger partial charge >= 0.3 is 5.69 Å². The van der Waals surface area contributed by atoms with Crippen molar-refractivity contribution in [2.75, 3.05) is 0 Å². The van der Waals surface area contributed by atoms with Crippen molar-refractivity contribution in [3.8, 4) is 5.69 Å². The average Bonchev–Trinajstić information content (AvgIpc) is 2.43. The molecule has 3 aromatic rings. The zero-order chi connectivity index (χ0) is 16.0. The minimum absolute atomic E-state index is 0.335. The Balaban J connectivity index is 2.51. The number of hydrogen-bond acceptors (Lipinski definition) is 2. The molecule has 0 amide bonds. The maximum Gasteiger partial charge on any atom is 0.333 e. The number of hydrogen-bond donors (Lipinski definition) is 1. The molecular weight excluding hydrogens is 304 g/mol. The summed E-state index contributed by atoms with van der Waals surface area (Å²) in [4.78, 5) is 25.5. The van der Waals surface area contributed by atoms with Crippen molar-refractivity contribution >= 4 is 10.9 Å². The molecule has 0 aliphatic heterocycles. The van der Waals surface area contributed by atoms with Crippen LogP contribution < -0.4 is 11.2 Å². The van der Waals surface area contributed by atoms with Gasteiger partial charge in [-0.25, -0.2) is 22.4 Å². The smallest absolute Gasteiger partial charge is 0.273 e. The summed E-state index contributed by atoms with van der Waals surface area (Å²) >= 11 is 0. The quantitative estimate of drug-likeness (QED) is 0.701. The van der Waals surface area contributed by atoms with Crippen LogP contribution in [-0.2, 0) is 0 Å². The minimum Gasteiger partial charge on any atom is -0.273 e. The van der Waals surface area contributed by atoms with Gasteiger partial charge in [0.05, 0.1) is 16.6 Å². The first kappa shape index (κ1) is 14.1. The van der Waals surface area contributed by atoms with E-state index < -0.39 is 40.2 Å². The van der Waals surface area contributed by atoms with Gasteiger partial charge in [0.25, 0.3) is 5.56 Å². The highest BCUT2D eigenvalue weighted by Gasteiger charge is 2.16.